The van der Waals surface area contributed by atoms with Crippen molar-refractivity contribution in [2.75, 3.05) is 4.90 Å². The fourth-order valence-electron chi connectivity index (χ4n) is 8.34. The highest BCUT2D eigenvalue weighted by Gasteiger charge is 2.24. The molecule has 10 rings (SSSR count). The zero-order valence-corrected chi connectivity index (χ0v) is 30.8. The maximum Gasteiger partial charge on any atom is 0.0562 e. The average molecular weight is 715 g/mol. The second-order valence-electron chi connectivity index (χ2n) is 14.1. The molecule has 9 aromatic carbocycles. The fraction of sp³-hybridized carbons (Fsp3) is 0. The van der Waals surface area contributed by atoms with Gasteiger partial charge in [-0.15, -0.1) is 0 Å². The number of aromatic nitrogens is 1. The molecule has 10 aromatic rings. The van der Waals surface area contributed by atoms with Crippen molar-refractivity contribution >= 4 is 38.9 Å². The van der Waals surface area contributed by atoms with Crippen molar-refractivity contribution in [1.29, 1.82) is 0 Å². The lowest BCUT2D eigenvalue weighted by Crippen LogP contribution is -2.12. The first-order chi connectivity index (χ1) is 27.8. The lowest BCUT2D eigenvalue weighted by molar-refractivity contribution is 1.18. The number of hydrogen-bond donors (Lipinski definition) is 0. The van der Waals surface area contributed by atoms with E-state index in [9.17, 15) is 0 Å². The molecule has 0 aliphatic heterocycles. The van der Waals surface area contributed by atoms with Gasteiger partial charge in [-0.25, -0.2) is 0 Å². The molecule has 0 amide bonds. The van der Waals surface area contributed by atoms with Crippen LogP contribution in [-0.4, -0.2) is 4.57 Å². The maximum atomic E-state index is 2.46. The molecule has 1 heterocycles. The predicted octanol–water partition coefficient (Wildman–Crippen LogP) is 14.9. The van der Waals surface area contributed by atoms with E-state index in [0.29, 0.717) is 0 Å². The summed E-state index contributed by atoms with van der Waals surface area (Å²) in [6.45, 7) is 0. The molecule has 0 unspecified atom stereocenters. The summed E-state index contributed by atoms with van der Waals surface area (Å²) in [6, 6.07) is 83.0. The Bertz CT molecular complexity index is 2930. The number of para-hydroxylation sites is 2. The van der Waals surface area contributed by atoms with Crippen LogP contribution < -0.4 is 4.90 Å². The average Bonchev–Trinajstić information content (AvgIpc) is 3.63. The van der Waals surface area contributed by atoms with Crippen LogP contribution in [0.15, 0.2) is 231 Å². The largest absolute Gasteiger partial charge is 0.309 e. The van der Waals surface area contributed by atoms with Crippen LogP contribution in [0.1, 0.15) is 0 Å². The highest BCUT2D eigenvalue weighted by Crippen LogP contribution is 2.49. The molecule has 0 fully saturated rings. The van der Waals surface area contributed by atoms with Crippen molar-refractivity contribution in [1.82, 2.24) is 4.57 Å². The topological polar surface area (TPSA) is 8.17 Å². The first-order valence-electron chi connectivity index (χ1n) is 19.2. The van der Waals surface area contributed by atoms with E-state index in [2.05, 4.69) is 240 Å². The monoisotopic (exact) mass is 714 g/mol. The summed E-state index contributed by atoms with van der Waals surface area (Å²) in [5.41, 5.74) is 16.4. The Morgan fingerprint density at radius 1 is 0.304 bits per heavy atom. The van der Waals surface area contributed by atoms with Crippen molar-refractivity contribution in [3.63, 3.8) is 0 Å². The molecule has 0 spiro atoms. The van der Waals surface area contributed by atoms with E-state index in [-0.39, 0.29) is 0 Å². The van der Waals surface area contributed by atoms with Crippen LogP contribution in [0.4, 0.5) is 17.1 Å². The third kappa shape index (κ3) is 5.85. The zero-order chi connectivity index (χ0) is 37.3. The van der Waals surface area contributed by atoms with Gasteiger partial charge in [-0.2, -0.15) is 0 Å². The molecule has 1 aromatic heterocycles. The molecule has 0 bridgehead atoms. The Labute approximate surface area is 327 Å². The minimum atomic E-state index is 1.10. The normalized spacial score (nSPS) is 11.2. The van der Waals surface area contributed by atoms with Gasteiger partial charge in [-0.05, 0) is 87.5 Å². The van der Waals surface area contributed by atoms with E-state index in [1.165, 1.54) is 60.8 Å². The molecular weight excluding hydrogens is 677 g/mol. The number of anilines is 3. The molecular formula is C54H38N2. The second kappa shape index (κ2) is 14.4. The van der Waals surface area contributed by atoms with Gasteiger partial charge in [0.1, 0.15) is 0 Å². The number of benzene rings is 9. The molecule has 0 saturated carbocycles. The second-order valence-corrected chi connectivity index (χ2v) is 14.1. The summed E-state index contributed by atoms with van der Waals surface area (Å²) < 4.78 is 2.42. The smallest absolute Gasteiger partial charge is 0.0562 e. The van der Waals surface area contributed by atoms with E-state index in [1.807, 2.05) is 0 Å². The maximum absolute atomic E-state index is 2.46. The Kier molecular flexibility index (Phi) is 8.55. The lowest BCUT2D eigenvalue weighted by atomic mass is 9.92. The quantitative estimate of drug-likeness (QED) is 0.152. The third-order valence-corrected chi connectivity index (χ3v) is 10.8. The zero-order valence-electron chi connectivity index (χ0n) is 30.8. The van der Waals surface area contributed by atoms with E-state index >= 15 is 0 Å². The van der Waals surface area contributed by atoms with Crippen LogP contribution in [-0.2, 0) is 0 Å². The number of rotatable bonds is 8. The minimum Gasteiger partial charge on any atom is -0.309 e. The summed E-state index contributed by atoms with van der Waals surface area (Å²) in [7, 11) is 0. The first-order valence-corrected chi connectivity index (χ1v) is 19.2. The van der Waals surface area contributed by atoms with Crippen LogP contribution in [0.2, 0.25) is 0 Å². The summed E-state index contributed by atoms with van der Waals surface area (Å²) in [5, 5.41) is 2.41. The Hall–Kier alpha value is -7.42. The van der Waals surface area contributed by atoms with Gasteiger partial charge >= 0.3 is 0 Å². The van der Waals surface area contributed by atoms with Crippen molar-refractivity contribution < 1.29 is 0 Å². The van der Waals surface area contributed by atoms with Gasteiger partial charge in [-0.1, -0.05) is 182 Å². The molecule has 56 heavy (non-hydrogen) atoms. The fourth-order valence-corrected chi connectivity index (χ4v) is 8.34. The molecule has 0 aliphatic carbocycles. The molecule has 0 saturated heterocycles. The van der Waals surface area contributed by atoms with Crippen molar-refractivity contribution in [2.24, 2.45) is 0 Å². The van der Waals surface area contributed by atoms with Crippen molar-refractivity contribution in [3.8, 4) is 50.2 Å². The van der Waals surface area contributed by atoms with E-state index in [0.717, 1.165) is 28.3 Å². The van der Waals surface area contributed by atoms with Gasteiger partial charge in [-0.3, -0.25) is 0 Å². The molecule has 0 aliphatic rings. The Morgan fingerprint density at radius 3 is 1.43 bits per heavy atom. The molecule has 0 radical (unpaired) electrons. The molecule has 2 heteroatoms. The van der Waals surface area contributed by atoms with Crippen LogP contribution >= 0.6 is 0 Å². The summed E-state index contributed by atoms with van der Waals surface area (Å²) in [5.74, 6) is 0. The highest BCUT2D eigenvalue weighted by molar-refractivity contribution is 6.17. The molecule has 2 nitrogen and oxygen atoms in total. The van der Waals surface area contributed by atoms with E-state index in [4.69, 9.17) is 0 Å². The van der Waals surface area contributed by atoms with E-state index in [1.54, 1.807) is 0 Å². The lowest BCUT2D eigenvalue weighted by Gasteiger charge is -2.30. The molecule has 264 valence electrons. The Morgan fingerprint density at radius 2 is 0.768 bits per heavy atom. The van der Waals surface area contributed by atoms with Crippen LogP contribution in [0, 0.1) is 0 Å². The first kappa shape index (κ1) is 33.2. The van der Waals surface area contributed by atoms with Crippen molar-refractivity contribution in [3.05, 3.63) is 231 Å². The van der Waals surface area contributed by atoms with Crippen LogP contribution in [0.3, 0.4) is 0 Å². The van der Waals surface area contributed by atoms with E-state index < -0.39 is 0 Å². The van der Waals surface area contributed by atoms with Gasteiger partial charge in [0.25, 0.3) is 0 Å². The minimum absolute atomic E-state index is 1.10. The third-order valence-electron chi connectivity index (χ3n) is 10.8. The Balaban J connectivity index is 1.19. The van der Waals surface area contributed by atoms with Crippen LogP contribution in [0.25, 0.3) is 72.0 Å². The summed E-state index contributed by atoms with van der Waals surface area (Å²) in [6.07, 6.45) is 0. The van der Waals surface area contributed by atoms with Gasteiger partial charge in [0.2, 0.25) is 0 Å². The molecule has 0 atom stereocenters. The standard InChI is InChI=1S/C54H38N2/c1-5-19-39(20-6-1)45-27-13-14-28-46(45)41-35-37-44(38-36-41)55-49-31-16-15-29-48(49)54-51(55)33-18-34-52(54)56(43-25-11-4-12-26-43)50-32-17-30-47(40-21-7-2-8-22-40)53(50)42-23-9-3-10-24-42/h1-38H. The number of hydrogen-bond acceptors (Lipinski definition) is 1. The van der Waals surface area contributed by atoms with Gasteiger partial charge < -0.3 is 9.47 Å². The highest BCUT2D eigenvalue weighted by atomic mass is 15.2. The molecule has 0 N–H and O–H groups in total. The van der Waals surface area contributed by atoms with Crippen molar-refractivity contribution in [2.45, 2.75) is 0 Å². The number of nitrogens with zero attached hydrogens (tertiary/aromatic N) is 2. The van der Waals surface area contributed by atoms with Gasteiger partial charge in [0, 0.05) is 27.7 Å². The van der Waals surface area contributed by atoms with Crippen LogP contribution in [0.5, 0.6) is 0 Å². The predicted molar refractivity (Wildman–Crippen MR) is 237 cm³/mol. The SMILES string of the molecule is c1ccc(-c2ccccc2-c2ccc(-n3c4ccccc4c4c(N(c5ccccc5)c5cccc(-c6ccccc6)c5-c5ccccc5)cccc43)cc2)cc1. The van der Waals surface area contributed by atoms with Gasteiger partial charge in [0.05, 0.1) is 22.4 Å². The summed E-state index contributed by atoms with van der Waals surface area (Å²) >= 11 is 0. The number of fused-ring (bicyclic) bond motifs is 3. The summed E-state index contributed by atoms with van der Waals surface area (Å²) in [4.78, 5) is 2.46. The van der Waals surface area contributed by atoms with Gasteiger partial charge in [0.15, 0.2) is 0 Å².